The zero-order valence-corrected chi connectivity index (χ0v) is 11.8. The summed E-state index contributed by atoms with van der Waals surface area (Å²) in [5, 5.41) is 11.7. The minimum Gasteiger partial charge on any atom is -0.480 e. The summed E-state index contributed by atoms with van der Waals surface area (Å²) in [6.45, 7) is -0.164. The molecule has 0 unspecified atom stereocenters. The Bertz CT molecular complexity index is 552. The van der Waals surface area contributed by atoms with Crippen molar-refractivity contribution in [2.24, 2.45) is 0 Å². The first-order chi connectivity index (χ1) is 9.94. The molecule has 0 spiro atoms. The van der Waals surface area contributed by atoms with Crippen molar-refractivity contribution in [3.63, 3.8) is 0 Å². The number of rotatable bonds is 5. The summed E-state index contributed by atoms with van der Waals surface area (Å²) in [6.07, 6.45) is 1.65. The van der Waals surface area contributed by atoms with Gasteiger partial charge in [0.05, 0.1) is 6.54 Å². The van der Waals surface area contributed by atoms with E-state index >= 15 is 0 Å². The van der Waals surface area contributed by atoms with E-state index in [1.165, 1.54) is 11.9 Å². The van der Waals surface area contributed by atoms with E-state index in [0.717, 1.165) is 6.42 Å². The van der Waals surface area contributed by atoms with Crippen LogP contribution >= 0.6 is 0 Å². The van der Waals surface area contributed by atoms with Crippen molar-refractivity contribution >= 4 is 17.8 Å². The van der Waals surface area contributed by atoms with E-state index in [1.807, 2.05) is 0 Å². The average molecular weight is 290 g/mol. The van der Waals surface area contributed by atoms with Gasteiger partial charge in [-0.25, -0.2) is 4.79 Å². The van der Waals surface area contributed by atoms with Gasteiger partial charge in [0.15, 0.2) is 0 Å². The fourth-order valence-electron chi connectivity index (χ4n) is 2.32. The molecule has 112 valence electrons. The van der Waals surface area contributed by atoms with Crippen LogP contribution < -0.4 is 5.32 Å². The van der Waals surface area contributed by atoms with Gasteiger partial charge in [-0.2, -0.15) is 0 Å². The topological polar surface area (TPSA) is 86.7 Å². The Labute approximate surface area is 122 Å². The van der Waals surface area contributed by atoms with Crippen molar-refractivity contribution in [1.29, 1.82) is 0 Å². The maximum atomic E-state index is 12.1. The highest BCUT2D eigenvalue weighted by Crippen LogP contribution is 2.31. The lowest BCUT2D eigenvalue weighted by Crippen LogP contribution is -2.60. The monoisotopic (exact) mass is 290 g/mol. The standard InChI is InChI=1S/C15H18N2O4/c1-17(13(19)11-6-3-2-4-7-11)10-12(18)16-15(14(20)21)8-5-9-15/h2-4,6-7H,5,8-10H2,1H3,(H,16,18)(H,20,21). The van der Waals surface area contributed by atoms with Crippen LogP contribution in [0.1, 0.15) is 29.6 Å². The highest BCUT2D eigenvalue weighted by atomic mass is 16.4. The van der Waals surface area contributed by atoms with E-state index in [9.17, 15) is 14.4 Å². The molecule has 1 aromatic rings. The van der Waals surface area contributed by atoms with Crippen molar-refractivity contribution in [3.8, 4) is 0 Å². The number of carbonyl (C=O) groups is 3. The van der Waals surface area contributed by atoms with Crippen LogP contribution in [0.5, 0.6) is 0 Å². The molecule has 2 N–H and O–H groups in total. The largest absolute Gasteiger partial charge is 0.480 e. The van der Waals surface area contributed by atoms with Gasteiger partial charge in [0.25, 0.3) is 5.91 Å². The molecule has 1 aromatic carbocycles. The number of likely N-dealkylation sites (N-methyl/N-ethyl adjacent to an activating group) is 1. The van der Waals surface area contributed by atoms with Gasteiger partial charge in [-0.3, -0.25) is 9.59 Å². The van der Waals surface area contributed by atoms with E-state index in [1.54, 1.807) is 30.3 Å². The van der Waals surface area contributed by atoms with Gasteiger partial charge < -0.3 is 15.3 Å². The maximum absolute atomic E-state index is 12.1. The van der Waals surface area contributed by atoms with Crippen LogP contribution in [-0.2, 0) is 9.59 Å². The number of carboxylic acids is 1. The smallest absolute Gasteiger partial charge is 0.329 e. The van der Waals surface area contributed by atoms with Crippen molar-refractivity contribution in [2.45, 2.75) is 24.8 Å². The van der Waals surface area contributed by atoms with Crippen molar-refractivity contribution < 1.29 is 19.5 Å². The second-order valence-corrected chi connectivity index (χ2v) is 5.32. The van der Waals surface area contributed by atoms with Crippen molar-refractivity contribution in [3.05, 3.63) is 35.9 Å². The van der Waals surface area contributed by atoms with E-state index in [0.29, 0.717) is 18.4 Å². The number of aliphatic carboxylic acids is 1. The summed E-state index contributed by atoms with van der Waals surface area (Å²) in [7, 11) is 1.52. The summed E-state index contributed by atoms with van der Waals surface area (Å²) in [5.41, 5.74) is -0.655. The predicted molar refractivity (Wildman–Crippen MR) is 75.8 cm³/mol. The second kappa shape index (κ2) is 5.95. The van der Waals surface area contributed by atoms with Gasteiger partial charge in [-0.15, -0.1) is 0 Å². The third-order valence-corrected chi connectivity index (χ3v) is 3.74. The van der Waals surface area contributed by atoms with Crippen LogP contribution in [0.15, 0.2) is 30.3 Å². The molecular weight excluding hydrogens is 272 g/mol. The molecule has 6 heteroatoms. The van der Waals surface area contributed by atoms with Crippen LogP contribution in [0.2, 0.25) is 0 Å². The first-order valence-electron chi connectivity index (χ1n) is 6.79. The first-order valence-corrected chi connectivity index (χ1v) is 6.79. The number of nitrogens with zero attached hydrogens (tertiary/aromatic N) is 1. The SMILES string of the molecule is CN(CC(=O)NC1(C(=O)O)CCC1)C(=O)c1ccccc1. The van der Waals surface area contributed by atoms with Crippen molar-refractivity contribution in [2.75, 3.05) is 13.6 Å². The third-order valence-electron chi connectivity index (χ3n) is 3.74. The molecule has 2 rings (SSSR count). The Hall–Kier alpha value is -2.37. The molecule has 0 heterocycles. The van der Waals surface area contributed by atoms with Gasteiger partial charge in [-0.05, 0) is 31.4 Å². The molecule has 1 aliphatic rings. The molecule has 0 aromatic heterocycles. The Kier molecular flexibility index (Phi) is 4.26. The molecule has 1 saturated carbocycles. The highest BCUT2D eigenvalue weighted by molar-refractivity contribution is 5.97. The lowest BCUT2D eigenvalue weighted by molar-refractivity contribution is -0.151. The Balaban J connectivity index is 1.93. The minimum atomic E-state index is -1.15. The van der Waals surface area contributed by atoms with Gasteiger partial charge in [-0.1, -0.05) is 18.2 Å². The fourth-order valence-corrected chi connectivity index (χ4v) is 2.32. The molecule has 0 saturated heterocycles. The zero-order chi connectivity index (χ0) is 15.5. The van der Waals surface area contributed by atoms with Crippen LogP contribution in [0.25, 0.3) is 0 Å². The number of carboxylic acid groups (broad SMARTS) is 1. The molecule has 1 aliphatic carbocycles. The lowest BCUT2D eigenvalue weighted by Gasteiger charge is -2.38. The molecule has 0 radical (unpaired) electrons. The quantitative estimate of drug-likeness (QED) is 0.843. The first kappa shape index (κ1) is 15.0. The summed E-state index contributed by atoms with van der Waals surface area (Å²) in [4.78, 5) is 36.5. The Morgan fingerprint density at radius 1 is 1.24 bits per heavy atom. The van der Waals surface area contributed by atoms with Gasteiger partial charge in [0.1, 0.15) is 5.54 Å². The minimum absolute atomic E-state index is 0.164. The number of nitrogens with one attached hydrogen (secondary N) is 1. The van der Waals surface area contributed by atoms with Crippen LogP contribution in [0.4, 0.5) is 0 Å². The molecular formula is C15H18N2O4. The third kappa shape index (κ3) is 3.21. The average Bonchev–Trinajstić information content (AvgIpc) is 2.42. The van der Waals surface area contributed by atoms with Crippen LogP contribution in [0, 0.1) is 0 Å². The maximum Gasteiger partial charge on any atom is 0.329 e. The van der Waals surface area contributed by atoms with Gasteiger partial charge in [0.2, 0.25) is 5.91 Å². The number of carbonyl (C=O) groups excluding carboxylic acids is 2. The Morgan fingerprint density at radius 3 is 2.33 bits per heavy atom. The zero-order valence-electron chi connectivity index (χ0n) is 11.8. The number of benzene rings is 1. The van der Waals surface area contributed by atoms with Crippen LogP contribution in [0.3, 0.4) is 0 Å². The van der Waals surface area contributed by atoms with Crippen molar-refractivity contribution in [1.82, 2.24) is 10.2 Å². The molecule has 0 aliphatic heterocycles. The Morgan fingerprint density at radius 2 is 1.86 bits per heavy atom. The second-order valence-electron chi connectivity index (χ2n) is 5.32. The number of amides is 2. The van der Waals surface area contributed by atoms with E-state index < -0.39 is 17.4 Å². The van der Waals surface area contributed by atoms with Crippen LogP contribution in [-0.4, -0.2) is 46.9 Å². The van der Waals surface area contributed by atoms with E-state index in [4.69, 9.17) is 5.11 Å². The fraction of sp³-hybridized carbons (Fsp3) is 0.400. The summed E-state index contributed by atoms with van der Waals surface area (Å²) in [5.74, 6) is -1.74. The highest BCUT2D eigenvalue weighted by Gasteiger charge is 2.45. The molecule has 0 bridgehead atoms. The van der Waals surface area contributed by atoms with Gasteiger partial charge in [0, 0.05) is 12.6 Å². The molecule has 2 amide bonds. The van der Waals surface area contributed by atoms with Gasteiger partial charge >= 0.3 is 5.97 Å². The predicted octanol–water partition coefficient (Wildman–Crippen LogP) is 0.882. The summed E-state index contributed by atoms with van der Waals surface area (Å²) < 4.78 is 0. The number of hydrogen-bond donors (Lipinski definition) is 2. The molecule has 0 atom stereocenters. The molecule has 6 nitrogen and oxygen atoms in total. The lowest BCUT2D eigenvalue weighted by atomic mass is 9.77. The normalized spacial score (nSPS) is 15.7. The summed E-state index contributed by atoms with van der Waals surface area (Å²) in [6, 6.07) is 8.63. The molecule has 1 fully saturated rings. The number of hydrogen-bond acceptors (Lipinski definition) is 3. The van der Waals surface area contributed by atoms with E-state index in [2.05, 4.69) is 5.32 Å². The molecule has 21 heavy (non-hydrogen) atoms. The van der Waals surface area contributed by atoms with E-state index in [-0.39, 0.29) is 12.5 Å². The summed E-state index contributed by atoms with van der Waals surface area (Å²) >= 11 is 0.